The third-order valence-corrected chi connectivity index (χ3v) is 5.32. The summed E-state index contributed by atoms with van der Waals surface area (Å²) < 4.78 is 31.6. The summed E-state index contributed by atoms with van der Waals surface area (Å²) in [5, 5.41) is 6.85. The van der Waals surface area contributed by atoms with Crippen LogP contribution in [0.3, 0.4) is 0 Å². The Labute approximate surface area is 136 Å². The molecule has 0 spiro atoms. The van der Waals surface area contributed by atoms with Crippen molar-refractivity contribution in [2.45, 2.75) is 11.8 Å². The third-order valence-electron chi connectivity index (χ3n) is 3.16. The number of thiophene rings is 1. The molecule has 0 radical (unpaired) electrons. The van der Waals surface area contributed by atoms with Crippen molar-refractivity contribution in [3.05, 3.63) is 58.4 Å². The monoisotopic (exact) mass is 348 g/mol. The Balaban J connectivity index is 1.97. The lowest BCUT2D eigenvalue weighted by molar-refractivity contribution is 0.0981. The van der Waals surface area contributed by atoms with Crippen LogP contribution in [0, 0.1) is 6.92 Å². The van der Waals surface area contributed by atoms with Crippen LogP contribution >= 0.6 is 11.3 Å². The molecule has 6 nitrogen and oxygen atoms in total. The molecule has 2 heterocycles. The quantitative estimate of drug-likeness (QED) is 0.783. The van der Waals surface area contributed by atoms with Crippen LogP contribution in [0.2, 0.25) is 0 Å². The van der Waals surface area contributed by atoms with Gasteiger partial charge < -0.3 is 4.52 Å². The zero-order valence-electron chi connectivity index (χ0n) is 12.0. The number of nitrogens with one attached hydrogen (secondary N) is 1. The van der Waals surface area contributed by atoms with E-state index in [1.807, 2.05) is 6.07 Å². The number of amides is 1. The first-order valence-electron chi connectivity index (χ1n) is 6.60. The van der Waals surface area contributed by atoms with Gasteiger partial charge in [0.05, 0.1) is 10.6 Å². The van der Waals surface area contributed by atoms with Crippen LogP contribution < -0.4 is 4.72 Å². The van der Waals surface area contributed by atoms with E-state index in [-0.39, 0.29) is 16.2 Å². The van der Waals surface area contributed by atoms with Gasteiger partial charge in [-0.15, -0.1) is 0 Å². The highest BCUT2D eigenvalue weighted by atomic mass is 32.2. The number of sulfonamides is 1. The van der Waals surface area contributed by atoms with Gasteiger partial charge in [0.25, 0.3) is 15.9 Å². The highest BCUT2D eigenvalue weighted by Crippen LogP contribution is 2.26. The van der Waals surface area contributed by atoms with E-state index in [9.17, 15) is 13.2 Å². The molecular weight excluding hydrogens is 336 g/mol. The number of hydrogen-bond acceptors (Lipinski definition) is 6. The van der Waals surface area contributed by atoms with Gasteiger partial charge in [-0.25, -0.2) is 13.1 Å². The summed E-state index contributed by atoms with van der Waals surface area (Å²) in [4.78, 5) is 12.5. The number of rotatable bonds is 4. The van der Waals surface area contributed by atoms with Crippen molar-refractivity contribution >= 4 is 27.3 Å². The molecular formula is C15H12N2O4S2. The lowest BCUT2D eigenvalue weighted by atomic mass is 10.1. The molecule has 3 aromatic rings. The fraction of sp³-hybridized carbons (Fsp3) is 0.0667. The van der Waals surface area contributed by atoms with Gasteiger partial charge in [0.15, 0.2) is 5.76 Å². The molecule has 0 unspecified atom stereocenters. The van der Waals surface area contributed by atoms with Gasteiger partial charge in [-0.1, -0.05) is 35.5 Å². The van der Waals surface area contributed by atoms with Gasteiger partial charge in [-0.3, -0.25) is 4.79 Å². The minimum absolute atomic E-state index is 0.0474. The fourth-order valence-electron chi connectivity index (χ4n) is 2.06. The largest absolute Gasteiger partial charge is 0.355 e. The molecule has 1 aromatic carbocycles. The van der Waals surface area contributed by atoms with Crippen molar-refractivity contribution < 1.29 is 17.7 Å². The molecule has 0 saturated heterocycles. The molecule has 0 fully saturated rings. The van der Waals surface area contributed by atoms with Gasteiger partial charge in [0, 0.05) is 10.9 Å². The third kappa shape index (κ3) is 3.03. The van der Waals surface area contributed by atoms with E-state index < -0.39 is 15.9 Å². The van der Waals surface area contributed by atoms with Crippen molar-refractivity contribution in [1.82, 2.24) is 9.88 Å². The standard InChI is InChI=1S/C15H12N2O4S2/c1-10-13(14(21-16-10)11-5-3-2-4-6-11)15(18)17-23(19,20)12-7-8-22-9-12/h2-9H,1H3,(H,17,18). The lowest BCUT2D eigenvalue weighted by Crippen LogP contribution is -2.30. The van der Waals surface area contributed by atoms with Crippen molar-refractivity contribution in [1.29, 1.82) is 0 Å². The Hall–Kier alpha value is -2.45. The topological polar surface area (TPSA) is 89.3 Å². The van der Waals surface area contributed by atoms with Crippen molar-refractivity contribution in [3.8, 4) is 11.3 Å². The lowest BCUT2D eigenvalue weighted by Gasteiger charge is -2.05. The minimum atomic E-state index is -3.92. The minimum Gasteiger partial charge on any atom is -0.355 e. The van der Waals surface area contributed by atoms with Crippen LogP contribution in [-0.2, 0) is 10.0 Å². The first-order valence-corrected chi connectivity index (χ1v) is 9.02. The maximum absolute atomic E-state index is 12.4. The summed E-state index contributed by atoms with van der Waals surface area (Å²) >= 11 is 1.23. The Morgan fingerprint density at radius 2 is 1.96 bits per heavy atom. The number of aryl methyl sites for hydroxylation is 1. The molecule has 0 saturated carbocycles. The van der Waals surface area contributed by atoms with E-state index in [1.165, 1.54) is 22.8 Å². The predicted molar refractivity (Wildman–Crippen MR) is 85.6 cm³/mol. The van der Waals surface area contributed by atoms with E-state index >= 15 is 0 Å². The first-order chi connectivity index (χ1) is 11.0. The van der Waals surface area contributed by atoms with Crippen LogP contribution in [-0.4, -0.2) is 19.5 Å². The smallest absolute Gasteiger partial charge is 0.270 e. The zero-order chi connectivity index (χ0) is 16.4. The van der Waals surface area contributed by atoms with Crippen molar-refractivity contribution in [2.75, 3.05) is 0 Å². The number of hydrogen-bond donors (Lipinski definition) is 1. The Kier molecular flexibility index (Phi) is 4.01. The highest BCUT2D eigenvalue weighted by Gasteiger charge is 2.26. The average Bonchev–Trinajstić information content (AvgIpc) is 3.17. The summed E-state index contributed by atoms with van der Waals surface area (Å²) in [5.41, 5.74) is 1.07. The van der Waals surface area contributed by atoms with E-state index in [2.05, 4.69) is 9.88 Å². The second kappa shape index (κ2) is 5.98. The number of carbonyl (C=O) groups is 1. The van der Waals surface area contributed by atoms with Gasteiger partial charge in [-0.2, -0.15) is 11.3 Å². The summed E-state index contributed by atoms with van der Waals surface area (Å²) in [6.07, 6.45) is 0. The SMILES string of the molecule is Cc1noc(-c2ccccc2)c1C(=O)NS(=O)(=O)c1ccsc1. The molecule has 3 rings (SSSR count). The van der Waals surface area contributed by atoms with E-state index in [0.29, 0.717) is 11.3 Å². The molecule has 0 atom stereocenters. The van der Waals surface area contributed by atoms with Gasteiger partial charge in [0.1, 0.15) is 5.56 Å². The second-order valence-corrected chi connectivity index (χ2v) is 7.19. The maximum Gasteiger partial charge on any atom is 0.270 e. The number of nitrogens with zero attached hydrogens (tertiary/aromatic N) is 1. The molecule has 1 amide bonds. The van der Waals surface area contributed by atoms with E-state index in [4.69, 9.17) is 4.52 Å². The Morgan fingerprint density at radius 1 is 1.22 bits per heavy atom. The van der Waals surface area contributed by atoms with Gasteiger partial charge >= 0.3 is 0 Å². The van der Waals surface area contributed by atoms with Crippen LogP contribution in [0.15, 0.2) is 56.6 Å². The predicted octanol–water partition coefficient (Wildman–Crippen LogP) is 2.83. The number of carbonyl (C=O) groups excluding carboxylic acids is 1. The maximum atomic E-state index is 12.4. The van der Waals surface area contributed by atoms with E-state index in [0.717, 1.165) is 0 Å². The molecule has 0 aliphatic rings. The fourth-order valence-corrected chi connectivity index (χ4v) is 4.05. The summed E-state index contributed by atoms with van der Waals surface area (Å²) in [5.74, 6) is -0.532. The molecule has 23 heavy (non-hydrogen) atoms. The molecule has 2 aromatic heterocycles. The van der Waals surface area contributed by atoms with Crippen LogP contribution in [0.5, 0.6) is 0 Å². The van der Waals surface area contributed by atoms with Crippen molar-refractivity contribution in [3.63, 3.8) is 0 Å². The van der Waals surface area contributed by atoms with Gasteiger partial charge in [0.2, 0.25) is 0 Å². The van der Waals surface area contributed by atoms with Crippen LogP contribution in [0.4, 0.5) is 0 Å². The molecule has 0 aliphatic heterocycles. The molecule has 0 bridgehead atoms. The summed E-state index contributed by atoms with van der Waals surface area (Å²) in [7, 11) is -3.92. The first kappa shape index (κ1) is 15.4. The summed E-state index contributed by atoms with van der Waals surface area (Å²) in [6, 6.07) is 10.3. The normalized spacial score (nSPS) is 11.3. The van der Waals surface area contributed by atoms with Gasteiger partial charge in [-0.05, 0) is 18.4 Å². The second-order valence-electron chi connectivity index (χ2n) is 4.73. The van der Waals surface area contributed by atoms with E-state index in [1.54, 1.807) is 36.6 Å². The van der Waals surface area contributed by atoms with Crippen LogP contribution in [0.25, 0.3) is 11.3 Å². The van der Waals surface area contributed by atoms with Crippen LogP contribution in [0.1, 0.15) is 16.1 Å². The average molecular weight is 348 g/mol. The molecule has 1 N–H and O–H groups in total. The zero-order valence-corrected chi connectivity index (χ0v) is 13.6. The molecule has 118 valence electrons. The molecule has 0 aliphatic carbocycles. The number of benzene rings is 1. The molecule has 8 heteroatoms. The Bertz CT molecular complexity index is 929. The number of aromatic nitrogens is 1. The highest BCUT2D eigenvalue weighted by molar-refractivity contribution is 7.90. The summed E-state index contributed by atoms with van der Waals surface area (Å²) in [6.45, 7) is 1.59. The Morgan fingerprint density at radius 3 is 2.61 bits per heavy atom. The van der Waals surface area contributed by atoms with Crippen molar-refractivity contribution in [2.24, 2.45) is 0 Å².